The number of hydrogen-bond acceptors (Lipinski definition) is 7. The number of carbonyl (C=O) groups excluding carboxylic acids is 1. The highest BCUT2D eigenvalue weighted by Crippen LogP contribution is 2.33. The van der Waals surface area contributed by atoms with Crippen LogP contribution in [0.4, 0.5) is 11.4 Å². The van der Waals surface area contributed by atoms with Gasteiger partial charge in [0.15, 0.2) is 11.5 Å². The second kappa shape index (κ2) is 10.1. The fourth-order valence-corrected chi connectivity index (χ4v) is 2.78. The molecule has 0 aliphatic heterocycles. The lowest BCUT2D eigenvalue weighted by molar-refractivity contribution is -0.385. The highest BCUT2D eigenvalue weighted by molar-refractivity contribution is 5.95. The van der Waals surface area contributed by atoms with Gasteiger partial charge in [-0.25, -0.2) is 5.43 Å². The van der Waals surface area contributed by atoms with E-state index in [2.05, 4.69) is 29.3 Å². The molecule has 1 N–H and O–H groups in total. The summed E-state index contributed by atoms with van der Waals surface area (Å²) in [5, 5.41) is 15.1. The van der Waals surface area contributed by atoms with Gasteiger partial charge in [0.2, 0.25) is 0 Å². The van der Waals surface area contributed by atoms with Gasteiger partial charge >= 0.3 is 0 Å². The highest BCUT2D eigenvalue weighted by Gasteiger charge is 2.18. The second-order valence-electron chi connectivity index (χ2n) is 5.94. The van der Waals surface area contributed by atoms with E-state index in [4.69, 9.17) is 9.47 Å². The Morgan fingerprint density at radius 1 is 1.14 bits per heavy atom. The molecule has 0 spiro atoms. The van der Waals surface area contributed by atoms with Gasteiger partial charge in [-0.3, -0.25) is 14.9 Å². The van der Waals surface area contributed by atoms with Gasteiger partial charge in [0.1, 0.15) is 0 Å². The summed E-state index contributed by atoms with van der Waals surface area (Å²) >= 11 is 0. The number of amides is 1. The number of ether oxygens (including phenoxy) is 2. The third-order valence-corrected chi connectivity index (χ3v) is 4.36. The van der Waals surface area contributed by atoms with Gasteiger partial charge in [-0.15, -0.1) is 0 Å². The first-order valence-electron chi connectivity index (χ1n) is 9.03. The van der Waals surface area contributed by atoms with Crippen molar-refractivity contribution in [2.45, 2.75) is 13.8 Å². The Morgan fingerprint density at radius 2 is 1.72 bits per heavy atom. The zero-order chi connectivity index (χ0) is 21.4. The Hall–Kier alpha value is -3.62. The number of rotatable bonds is 9. The molecule has 0 saturated heterocycles. The van der Waals surface area contributed by atoms with Crippen molar-refractivity contribution in [1.29, 1.82) is 0 Å². The van der Waals surface area contributed by atoms with Gasteiger partial charge in [-0.05, 0) is 44.2 Å². The first-order chi connectivity index (χ1) is 13.9. The third kappa shape index (κ3) is 5.22. The maximum absolute atomic E-state index is 12.3. The summed E-state index contributed by atoms with van der Waals surface area (Å²) in [7, 11) is 2.81. The van der Waals surface area contributed by atoms with Gasteiger partial charge in [0, 0.05) is 24.3 Å². The Kier molecular flexibility index (Phi) is 7.53. The fraction of sp³-hybridized carbons (Fsp3) is 0.300. The highest BCUT2D eigenvalue weighted by atomic mass is 16.6. The molecule has 29 heavy (non-hydrogen) atoms. The van der Waals surface area contributed by atoms with Gasteiger partial charge in [0.05, 0.1) is 37.0 Å². The molecule has 0 aliphatic carbocycles. The number of anilines is 1. The number of carbonyl (C=O) groups is 1. The number of nitro benzene ring substituents is 1. The number of methoxy groups -OCH3 is 2. The maximum Gasteiger partial charge on any atom is 0.282 e. The third-order valence-electron chi connectivity index (χ3n) is 4.36. The molecule has 0 bridgehead atoms. The van der Waals surface area contributed by atoms with E-state index >= 15 is 0 Å². The zero-order valence-electron chi connectivity index (χ0n) is 16.8. The van der Waals surface area contributed by atoms with Crippen LogP contribution in [-0.2, 0) is 0 Å². The lowest BCUT2D eigenvalue weighted by atomic mass is 10.1. The molecule has 9 heteroatoms. The summed E-state index contributed by atoms with van der Waals surface area (Å²) in [5.74, 6) is 0.127. The SMILES string of the molecule is CCN(CC)c1ccc(C(=O)N/N=C\c2cc(OC)c(OC)cc2[N+](=O)[O-])cc1. The van der Waals surface area contributed by atoms with Gasteiger partial charge in [0.25, 0.3) is 11.6 Å². The standard InChI is InChI=1S/C20H24N4O5/c1-5-23(6-2)16-9-7-14(8-10-16)20(25)22-21-13-15-11-18(28-3)19(29-4)12-17(15)24(26)27/h7-13H,5-6H2,1-4H3,(H,22,25)/b21-13-. The minimum Gasteiger partial charge on any atom is -0.493 e. The van der Waals surface area contributed by atoms with Crippen molar-refractivity contribution in [1.82, 2.24) is 5.43 Å². The summed E-state index contributed by atoms with van der Waals surface area (Å²) in [4.78, 5) is 25.2. The van der Waals surface area contributed by atoms with Crippen LogP contribution in [0.1, 0.15) is 29.8 Å². The molecule has 0 unspecified atom stereocenters. The second-order valence-corrected chi connectivity index (χ2v) is 5.94. The molecule has 0 aliphatic rings. The summed E-state index contributed by atoms with van der Waals surface area (Å²) in [6, 6.07) is 9.81. The molecule has 2 aromatic carbocycles. The van der Waals surface area contributed by atoms with Crippen molar-refractivity contribution in [3.63, 3.8) is 0 Å². The van der Waals surface area contributed by atoms with E-state index in [1.54, 1.807) is 12.1 Å². The number of benzene rings is 2. The van der Waals surface area contributed by atoms with Gasteiger partial charge in [-0.1, -0.05) is 0 Å². The molecule has 0 saturated carbocycles. The van der Waals surface area contributed by atoms with Crippen molar-refractivity contribution in [3.05, 3.63) is 57.6 Å². The van der Waals surface area contributed by atoms with E-state index < -0.39 is 10.8 Å². The van der Waals surface area contributed by atoms with Crippen LogP contribution >= 0.6 is 0 Å². The van der Waals surface area contributed by atoms with E-state index in [0.29, 0.717) is 11.3 Å². The summed E-state index contributed by atoms with van der Waals surface area (Å²) in [6.45, 7) is 5.87. The van der Waals surface area contributed by atoms with E-state index in [9.17, 15) is 14.9 Å². The molecule has 2 rings (SSSR count). The van der Waals surface area contributed by atoms with E-state index in [0.717, 1.165) is 18.8 Å². The average Bonchev–Trinajstić information content (AvgIpc) is 2.74. The Balaban J connectivity index is 2.16. The molecule has 0 radical (unpaired) electrons. The Labute approximate surface area is 169 Å². The van der Waals surface area contributed by atoms with Crippen LogP contribution in [0.5, 0.6) is 11.5 Å². The first-order valence-corrected chi connectivity index (χ1v) is 9.03. The predicted octanol–water partition coefficient (Wildman–Crippen LogP) is 3.22. The van der Waals surface area contributed by atoms with E-state index in [-0.39, 0.29) is 17.0 Å². The van der Waals surface area contributed by atoms with Crippen molar-refractivity contribution in [2.24, 2.45) is 5.10 Å². The van der Waals surface area contributed by atoms with Crippen molar-refractivity contribution in [2.75, 3.05) is 32.2 Å². The van der Waals surface area contributed by atoms with E-state index in [1.165, 1.54) is 32.6 Å². The molecule has 9 nitrogen and oxygen atoms in total. The van der Waals surface area contributed by atoms with Crippen LogP contribution in [0.25, 0.3) is 0 Å². The van der Waals surface area contributed by atoms with Crippen LogP contribution in [0, 0.1) is 10.1 Å². The van der Waals surface area contributed by atoms with E-state index in [1.807, 2.05) is 12.1 Å². The van der Waals surface area contributed by atoms with Crippen LogP contribution in [0.3, 0.4) is 0 Å². The smallest absolute Gasteiger partial charge is 0.282 e. The molecule has 0 fully saturated rings. The Morgan fingerprint density at radius 3 is 2.24 bits per heavy atom. The topological polar surface area (TPSA) is 106 Å². The van der Waals surface area contributed by atoms with Gasteiger partial charge in [-0.2, -0.15) is 5.10 Å². The monoisotopic (exact) mass is 400 g/mol. The van der Waals surface area contributed by atoms with Crippen molar-refractivity contribution < 1.29 is 19.2 Å². The van der Waals surface area contributed by atoms with Crippen molar-refractivity contribution in [3.8, 4) is 11.5 Å². The molecule has 0 atom stereocenters. The largest absolute Gasteiger partial charge is 0.493 e. The van der Waals surface area contributed by atoms with Crippen LogP contribution < -0.4 is 19.8 Å². The quantitative estimate of drug-likeness (QED) is 0.393. The molecule has 0 aromatic heterocycles. The maximum atomic E-state index is 12.3. The molecule has 0 heterocycles. The fourth-order valence-electron chi connectivity index (χ4n) is 2.78. The molecule has 2 aromatic rings. The lowest BCUT2D eigenvalue weighted by Gasteiger charge is -2.20. The first kappa shape index (κ1) is 21.7. The lowest BCUT2D eigenvalue weighted by Crippen LogP contribution is -2.22. The molecule has 1 amide bonds. The van der Waals surface area contributed by atoms with Crippen LogP contribution in [0.2, 0.25) is 0 Å². The summed E-state index contributed by atoms with van der Waals surface area (Å²) in [5.41, 5.74) is 3.79. The number of nitrogens with zero attached hydrogens (tertiary/aromatic N) is 3. The minimum atomic E-state index is -0.558. The summed E-state index contributed by atoms with van der Waals surface area (Å²) < 4.78 is 10.2. The molecular formula is C20H24N4O5. The van der Waals surface area contributed by atoms with Crippen LogP contribution in [0.15, 0.2) is 41.5 Å². The normalized spacial score (nSPS) is 10.6. The molecule has 154 valence electrons. The minimum absolute atomic E-state index is 0.171. The van der Waals surface area contributed by atoms with Gasteiger partial charge < -0.3 is 14.4 Å². The Bertz CT molecular complexity index is 892. The number of nitro groups is 1. The number of hydrazone groups is 1. The zero-order valence-corrected chi connectivity index (χ0v) is 16.8. The predicted molar refractivity (Wildman–Crippen MR) is 111 cm³/mol. The summed E-state index contributed by atoms with van der Waals surface area (Å²) in [6.07, 6.45) is 1.20. The van der Waals surface area contributed by atoms with Crippen molar-refractivity contribution >= 4 is 23.5 Å². The molecular weight excluding hydrogens is 376 g/mol. The van der Waals surface area contributed by atoms with Crippen LogP contribution in [-0.4, -0.2) is 44.4 Å². The average molecular weight is 400 g/mol. The number of hydrogen-bond donors (Lipinski definition) is 1. The number of nitrogens with one attached hydrogen (secondary N) is 1.